The van der Waals surface area contributed by atoms with Crippen molar-refractivity contribution in [1.29, 1.82) is 0 Å². The molecule has 0 saturated heterocycles. The normalized spacial score (nSPS) is 11.7. The van der Waals surface area contributed by atoms with Crippen LogP contribution in [0.1, 0.15) is 25.5 Å². The standard InChI is InChI=1S/C13H17NO4/c1-9(14(10(2)15)8-13(16)17)11-4-6-12(18-3)7-5-11/h4-7,9H,8H2,1-3H3,(H,16,17). The van der Waals surface area contributed by atoms with Crippen molar-refractivity contribution in [3.63, 3.8) is 0 Å². The molecule has 98 valence electrons. The summed E-state index contributed by atoms with van der Waals surface area (Å²) in [4.78, 5) is 23.5. The monoisotopic (exact) mass is 251 g/mol. The van der Waals surface area contributed by atoms with Crippen molar-refractivity contribution in [2.24, 2.45) is 0 Å². The first-order valence-electron chi connectivity index (χ1n) is 5.58. The lowest BCUT2D eigenvalue weighted by Crippen LogP contribution is -2.36. The largest absolute Gasteiger partial charge is 0.497 e. The van der Waals surface area contributed by atoms with Crippen LogP contribution in [0.4, 0.5) is 0 Å². The lowest BCUT2D eigenvalue weighted by molar-refractivity contribution is -0.145. The van der Waals surface area contributed by atoms with Crippen LogP contribution in [0, 0.1) is 0 Å². The van der Waals surface area contributed by atoms with Crippen LogP contribution in [0.15, 0.2) is 24.3 Å². The molecule has 0 bridgehead atoms. The molecular weight excluding hydrogens is 234 g/mol. The van der Waals surface area contributed by atoms with E-state index in [1.54, 1.807) is 26.2 Å². The average molecular weight is 251 g/mol. The van der Waals surface area contributed by atoms with E-state index in [0.717, 1.165) is 11.3 Å². The Morgan fingerprint density at radius 1 is 1.33 bits per heavy atom. The van der Waals surface area contributed by atoms with Crippen molar-refractivity contribution in [3.8, 4) is 5.75 Å². The van der Waals surface area contributed by atoms with Gasteiger partial charge in [-0.25, -0.2) is 0 Å². The highest BCUT2D eigenvalue weighted by atomic mass is 16.5. The third kappa shape index (κ3) is 3.48. The fourth-order valence-electron chi connectivity index (χ4n) is 1.73. The number of hydrogen-bond acceptors (Lipinski definition) is 3. The Morgan fingerprint density at radius 3 is 2.28 bits per heavy atom. The van der Waals surface area contributed by atoms with Crippen molar-refractivity contribution in [2.45, 2.75) is 19.9 Å². The molecule has 0 fully saturated rings. The molecule has 0 aromatic heterocycles. The van der Waals surface area contributed by atoms with Gasteiger partial charge in [0.1, 0.15) is 12.3 Å². The zero-order valence-electron chi connectivity index (χ0n) is 10.7. The minimum Gasteiger partial charge on any atom is -0.497 e. The van der Waals surface area contributed by atoms with Crippen LogP contribution >= 0.6 is 0 Å². The second-order valence-electron chi connectivity index (χ2n) is 3.99. The van der Waals surface area contributed by atoms with E-state index in [1.165, 1.54) is 11.8 Å². The number of amides is 1. The van der Waals surface area contributed by atoms with Gasteiger partial charge >= 0.3 is 5.97 Å². The van der Waals surface area contributed by atoms with Gasteiger partial charge in [-0.2, -0.15) is 0 Å². The molecule has 5 heteroatoms. The van der Waals surface area contributed by atoms with Crippen LogP contribution in [0.3, 0.4) is 0 Å². The van der Waals surface area contributed by atoms with E-state index in [0.29, 0.717) is 0 Å². The van der Waals surface area contributed by atoms with Gasteiger partial charge in [0.25, 0.3) is 0 Å². The second kappa shape index (κ2) is 6.05. The van der Waals surface area contributed by atoms with Gasteiger partial charge in [-0.15, -0.1) is 0 Å². The van der Waals surface area contributed by atoms with Gasteiger partial charge in [0.15, 0.2) is 0 Å². The van der Waals surface area contributed by atoms with Crippen molar-refractivity contribution >= 4 is 11.9 Å². The summed E-state index contributed by atoms with van der Waals surface area (Å²) in [7, 11) is 1.57. The third-order valence-corrected chi connectivity index (χ3v) is 2.78. The van der Waals surface area contributed by atoms with Gasteiger partial charge in [-0.1, -0.05) is 12.1 Å². The first kappa shape index (κ1) is 14.0. The molecule has 1 aromatic carbocycles. The van der Waals surface area contributed by atoms with E-state index in [2.05, 4.69) is 0 Å². The molecule has 0 spiro atoms. The minimum atomic E-state index is -1.02. The fourth-order valence-corrected chi connectivity index (χ4v) is 1.73. The van der Waals surface area contributed by atoms with E-state index < -0.39 is 5.97 Å². The molecule has 1 N–H and O–H groups in total. The number of benzene rings is 1. The summed E-state index contributed by atoms with van der Waals surface area (Å²) in [6.07, 6.45) is 0. The molecule has 1 atom stereocenters. The van der Waals surface area contributed by atoms with Crippen LogP contribution in [-0.2, 0) is 9.59 Å². The highest BCUT2D eigenvalue weighted by Crippen LogP contribution is 2.22. The molecular formula is C13H17NO4. The van der Waals surface area contributed by atoms with Crippen molar-refractivity contribution in [1.82, 2.24) is 4.90 Å². The predicted octanol–water partition coefficient (Wildman–Crippen LogP) is 1.69. The summed E-state index contributed by atoms with van der Waals surface area (Å²) < 4.78 is 5.05. The van der Waals surface area contributed by atoms with Gasteiger partial charge in [0, 0.05) is 6.92 Å². The topological polar surface area (TPSA) is 66.8 Å². The lowest BCUT2D eigenvalue weighted by Gasteiger charge is -2.27. The SMILES string of the molecule is COc1ccc(C(C)N(CC(=O)O)C(C)=O)cc1. The van der Waals surface area contributed by atoms with Crippen molar-refractivity contribution < 1.29 is 19.4 Å². The van der Waals surface area contributed by atoms with Gasteiger partial charge in [0.2, 0.25) is 5.91 Å². The smallest absolute Gasteiger partial charge is 0.323 e. The summed E-state index contributed by atoms with van der Waals surface area (Å²) in [5.41, 5.74) is 0.868. The van der Waals surface area contributed by atoms with Crippen molar-refractivity contribution in [2.75, 3.05) is 13.7 Å². The summed E-state index contributed by atoms with van der Waals surface area (Å²) in [6.45, 7) is 2.86. The molecule has 0 aliphatic heterocycles. The van der Waals surface area contributed by atoms with Crippen LogP contribution in [0.5, 0.6) is 5.75 Å². The number of carbonyl (C=O) groups is 2. The van der Waals surface area contributed by atoms with Crippen LogP contribution in [-0.4, -0.2) is 35.5 Å². The van der Waals surface area contributed by atoms with E-state index in [1.807, 2.05) is 12.1 Å². The van der Waals surface area contributed by atoms with Crippen LogP contribution in [0.25, 0.3) is 0 Å². The zero-order valence-corrected chi connectivity index (χ0v) is 10.7. The molecule has 18 heavy (non-hydrogen) atoms. The molecule has 0 radical (unpaired) electrons. The molecule has 1 amide bonds. The Labute approximate surface area is 106 Å². The maximum absolute atomic E-state index is 11.5. The average Bonchev–Trinajstić information content (AvgIpc) is 2.34. The highest BCUT2D eigenvalue weighted by molar-refractivity contribution is 5.80. The molecule has 1 unspecified atom stereocenters. The molecule has 0 aliphatic carbocycles. The first-order valence-corrected chi connectivity index (χ1v) is 5.58. The number of carboxylic acids is 1. The Morgan fingerprint density at radius 2 is 1.89 bits per heavy atom. The lowest BCUT2D eigenvalue weighted by atomic mass is 10.1. The van der Waals surface area contributed by atoms with E-state index in [4.69, 9.17) is 9.84 Å². The van der Waals surface area contributed by atoms with Gasteiger partial charge < -0.3 is 14.7 Å². The summed E-state index contributed by atoms with van der Waals surface area (Å²) in [6, 6.07) is 6.92. The number of aliphatic carboxylic acids is 1. The number of rotatable bonds is 5. The number of methoxy groups -OCH3 is 1. The Balaban J connectivity index is 2.90. The molecule has 0 heterocycles. The first-order chi connectivity index (χ1) is 8.45. The molecule has 1 rings (SSSR count). The van der Waals surface area contributed by atoms with Gasteiger partial charge in [-0.3, -0.25) is 9.59 Å². The van der Waals surface area contributed by atoms with Crippen LogP contribution < -0.4 is 4.74 Å². The van der Waals surface area contributed by atoms with E-state index in [-0.39, 0.29) is 18.5 Å². The maximum Gasteiger partial charge on any atom is 0.323 e. The minimum absolute atomic E-state index is 0.263. The van der Waals surface area contributed by atoms with Gasteiger partial charge in [0.05, 0.1) is 13.2 Å². The Hall–Kier alpha value is -2.04. The Bertz CT molecular complexity index is 427. The summed E-state index contributed by atoms with van der Waals surface area (Å²) >= 11 is 0. The number of carboxylic acid groups (broad SMARTS) is 1. The fraction of sp³-hybridized carbons (Fsp3) is 0.385. The number of nitrogens with zero attached hydrogens (tertiary/aromatic N) is 1. The predicted molar refractivity (Wildman–Crippen MR) is 66.4 cm³/mol. The van der Waals surface area contributed by atoms with Crippen molar-refractivity contribution in [3.05, 3.63) is 29.8 Å². The summed E-state index contributed by atoms with van der Waals surface area (Å²) in [5.74, 6) is -0.565. The van der Waals surface area contributed by atoms with E-state index in [9.17, 15) is 9.59 Å². The second-order valence-corrected chi connectivity index (χ2v) is 3.99. The molecule has 0 aliphatic rings. The molecule has 1 aromatic rings. The number of hydrogen-bond donors (Lipinski definition) is 1. The van der Waals surface area contributed by atoms with E-state index >= 15 is 0 Å². The zero-order chi connectivity index (χ0) is 13.7. The Kier molecular flexibility index (Phi) is 4.71. The highest BCUT2D eigenvalue weighted by Gasteiger charge is 2.20. The quantitative estimate of drug-likeness (QED) is 0.864. The third-order valence-electron chi connectivity index (χ3n) is 2.78. The molecule has 0 saturated carbocycles. The molecule has 5 nitrogen and oxygen atoms in total. The number of carbonyl (C=O) groups excluding carboxylic acids is 1. The summed E-state index contributed by atoms with van der Waals surface area (Å²) in [5, 5.41) is 8.80. The maximum atomic E-state index is 11.5. The van der Waals surface area contributed by atoms with Gasteiger partial charge in [-0.05, 0) is 24.6 Å². The number of ether oxygens (including phenoxy) is 1. The van der Waals surface area contributed by atoms with Crippen LogP contribution in [0.2, 0.25) is 0 Å².